The van der Waals surface area contributed by atoms with E-state index in [1.54, 1.807) is 0 Å². The zero-order valence-corrected chi connectivity index (χ0v) is 10.3. The molecule has 0 aromatic heterocycles. The molecular formula is C12H16N2O4. The van der Waals surface area contributed by atoms with Gasteiger partial charge in [-0.25, -0.2) is 0 Å². The molecule has 0 unspecified atom stereocenters. The van der Waals surface area contributed by atoms with Crippen molar-refractivity contribution in [2.24, 2.45) is 5.92 Å². The number of benzene rings is 1. The molecular weight excluding hydrogens is 236 g/mol. The van der Waals surface area contributed by atoms with Gasteiger partial charge in [-0.05, 0) is 18.4 Å². The van der Waals surface area contributed by atoms with Gasteiger partial charge < -0.3 is 10.4 Å². The van der Waals surface area contributed by atoms with Crippen LogP contribution in [-0.4, -0.2) is 15.9 Å². The lowest BCUT2D eigenvalue weighted by molar-refractivity contribution is -0.384. The van der Waals surface area contributed by atoms with E-state index in [0.717, 1.165) is 12.5 Å². The van der Waals surface area contributed by atoms with Crippen molar-refractivity contribution in [3.63, 3.8) is 0 Å². The minimum atomic E-state index is -0.607. The van der Waals surface area contributed by atoms with Crippen molar-refractivity contribution < 1.29 is 14.8 Å². The lowest BCUT2D eigenvalue weighted by Gasteiger charge is -2.08. The van der Waals surface area contributed by atoms with Crippen LogP contribution in [0.25, 0.3) is 0 Å². The highest BCUT2D eigenvalue weighted by Crippen LogP contribution is 2.28. The van der Waals surface area contributed by atoms with E-state index in [4.69, 9.17) is 0 Å². The highest BCUT2D eigenvalue weighted by molar-refractivity contribution is 5.92. The average molecular weight is 252 g/mol. The number of nitro groups is 1. The summed E-state index contributed by atoms with van der Waals surface area (Å²) in [7, 11) is 0. The Morgan fingerprint density at radius 3 is 2.67 bits per heavy atom. The van der Waals surface area contributed by atoms with Gasteiger partial charge in [0, 0.05) is 12.5 Å². The second-order valence-electron chi connectivity index (χ2n) is 4.44. The van der Waals surface area contributed by atoms with Crippen molar-refractivity contribution in [1.29, 1.82) is 0 Å². The standard InChI is InChI=1S/C12H16N2O4/c1-8(2)3-6-12(16)13-10-5-4-9(14(17)18)7-11(10)15/h4-5,7-8,15H,3,6H2,1-2H3,(H,13,16). The van der Waals surface area contributed by atoms with Gasteiger partial charge in [0.25, 0.3) is 5.69 Å². The summed E-state index contributed by atoms with van der Waals surface area (Å²) in [5, 5.41) is 22.5. The topological polar surface area (TPSA) is 92.5 Å². The molecule has 0 fully saturated rings. The Bertz CT molecular complexity index is 457. The molecule has 98 valence electrons. The Morgan fingerprint density at radius 1 is 1.50 bits per heavy atom. The van der Waals surface area contributed by atoms with Gasteiger partial charge in [0.05, 0.1) is 16.7 Å². The maximum Gasteiger partial charge on any atom is 0.273 e. The maximum atomic E-state index is 11.5. The number of rotatable bonds is 5. The fourth-order valence-corrected chi connectivity index (χ4v) is 1.37. The minimum Gasteiger partial charge on any atom is -0.506 e. The second-order valence-corrected chi connectivity index (χ2v) is 4.44. The number of hydrogen-bond donors (Lipinski definition) is 2. The first-order valence-corrected chi connectivity index (χ1v) is 5.67. The third-order valence-corrected chi connectivity index (χ3v) is 2.41. The number of phenols is 1. The first-order chi connectivity index (χ1) is 8.40. The third kappa shape index (κ3) is 4.04. The Balaban J connectivity index is 2.68. The van der Waals surface area contributed by atoms with E-state index in [1.165, 1.54) is 12.1 Å². The van der Waals surface area contributed by atoms with Crippen LogP contribution in [-0.2, 0) is 4.79 Å². The molecule has 0 saturated heterocycles. The number of phenolic OH excluding ortho intramolecular Hbond substituents is 1. The first-order valence-electron chi connectivity index (χ1n) is 5.67. The summed E-state index contributed by atoms with van der Waals surface area (Å²) in [6, 6.07) is 3.57. The molecule has 2 N–H and O–H groups in total. The number of nitrogens with zero attached hydrogens (tertiary/aromatic N) is 1. The third-order valence-electron chi connectivity index (χ3n) is 2.41. The first kappa shape index (κ1) is 14.0. The maximum absolute atomic E-state index is 11.5. The summed E-state index contributed by atoms with van der Waals surface area (Å²) in [5.41, 5.74) is -0.0259. The van der Waals surface area contributed by atoms with Crippen LogP contribution < -0.4 is 5.32 Å². The zero-order chi connectivity index (χ0) is 13.7. The number of carbonyl (C=O) groups excluding carboxylic acids is 1. The number of amides is 1. The van der Waals surface area contributed by atoms with Crippen molar-refractivity contribution in [2.75, 3.05) is 5.32 Å². The number of non-ortho nitro benzene ring substituents is 1. The molecule has 0 spiro atoms. The summed E-state index contributed by atoms with van der Waals surface area (Å²) in [4.78, 5) is 21.4. The Kier molecular flexibility index (Phi) is 4.65. The number of carbonyl (C=O) groups is 1. The Labute approximate surface area is 105 Å². The van der Waals surface area contributed by atoms with E-state index in [-0.39, 0.29) is 23.0 Å². The van der Waals surface area contributed by atoms with Crippen LogP contribution in [0.5, 0.6) is 5.75 Å². The van der Waals surface area contributed by atoms with Crippen molar-refractivity contribution >= 4 is 17.3 Å². The number of nitrogens with one attached hydrogen (secondary N) is 1. The van der Waals surface area contributed by atoms with E-state index in [9.17, 15) is 20.0 Å². The van der Waals surface area contributed by atoms with Crippen molar-refractivity contribution in [2.45, 2.75) is 26.7 Å². The van der Waals surface area contributed by atoms with E-state index in [2.05, 4.69) is 5.32 Å². The molecule has 1 rings (SSSR count). The van der Waals surface area contributed by atoms with Crippen LogP contribution in [0.1, 0.15) is 26.7 Å². The van der Waals surface area contributed by atoms with E-state index >= 15 is 0 Å². The van der Waals surface area contributed by atoms with Gasteiger partial charge in [-0.3, -0.25) is 14.9 Å². The van der Waals surface area contributed by atoms with Gasteiger partial charge in [-0.2, -0.15) is 0 Å². The summed E-state index contributed by atoms with van der Waals surface area (Å²) in [6.07, 6.45) is 1.10. The number of anilines is 1. The molecule has 0 aliphatic carbocycles. The predicted octanol–water partition coefficient (Wildman–Crippen LogP) is 2.68. The Morgan fingerprint density at radius 2 is 2.17 bits per heavy atom. The van der Waals surface area contributed by atoms with Crippen LogP contribution in [0.2, 0.25) is 0 Å². The largest absolute Gasteiger partial charge is 0.506 e. The molecule has 0 aliphatic rings. The molecule has 0 saturated carbocycles. The average Bonchev–Trinajstić information content (AvgIpc) is 2.29. The van der Waals surface area contributed by atoms with Gasteiger partial charge >= 0.3 is 0 Å². The lowest BCUT2D eigenvalue weighted by atomic mass is 10.1. The van der Waals surface area contributed by atoms with Crippen molar-refractivity contribution in [3.8, 4) is 5.75 Å². The SMILES string of the molecule is CC(C)CCC(=O)Nc1ccc([N+](=O)[O-])cc1O. The van der Waals surface area contributed by atoms with Crippen LogP contribution in [0, 0.1) is 16.0 Å². The highest BCUT2D eigenvalue weighted by atomic mass is 16.6. The summed E-state index contributed by atoms with van der Waals surface area (Å²) in [6.45, 7) is 4.02. The molecule has 0 radical (unpaired) electrons. The fourth-order valence-electron chi connectivity index (χ4n) is 1.37. The normalized spacial score (nSPS) is 10.4. The number of nitro benzene ring substituents is 1. The Hall–Kier alpha value is -2.11. The molecule has 1 aromatic rings. The lowest BCUT2D eigenvalue weighted by Crippen LogP contribution is -2.12. The number of aromatic hydroxyl groups is 1. The molecule has 0 heterocycles. The predicted molar refractivity (Wildman–Crippen MR) is 67.5 cm³/mol. The zero-order valence-electron chi connectivity index (χ0n) is 10.3. The van der Waals surface area contributed by atoms with Crippen molar-refractivity contribution in [3.05, 3.63) is 28.3 Å². The number of hydrogen-bond acceptors (Lipinski definition) is 4. The van der Waals surface area contributed by atoms with Gasteiger partial charge in [-0.15, -0.1) is 0 Å². The monoisotopic (exact) mass is 252 g/mol. The van der Waals surface area contributed by atoms with Gasteiger partial charge in [0.15, 0.2) is 0 Å². The minimum absolute atomic E-state index is 0.189. The molecule has 6 heteroatoms. The molecule has 1 amide bonds. The van der Waals surface area contributed by atoms with Crippen LogP contribution in [0.15, 0.2) is 18.2 Å². The van der Waals surface area contributed by atoms with Crippen LogP contribution in [0.4, 0.5) is 11.4 Å². The molecule has 6 nitrogen and oxygen atoms in total. The van der Waals surface area contributed by atoms with Crippen molar-refractivity contribution in [1.82, 2.24) is 0 Å². The molecule has 0 aliphatic heterocycles. The highest BCUT2D eigenvalue weighted by Gasteiger charge is 2.12. The van der Waals surface area contributed by atoms with Crippen LogP contribution in [0.3, 0.4) is 0 Å². The van der Waals surface area contributed by atoms with E-state index in [1.807, 2.05) is 13.8 Å². The summed E-state index contributed by atoms with van der Waals surface area (Å²) < 4.78 is 0. The molecule has 1 aromatic carbocycles. The summed E-state index contributed by atoms with van der Waals surface area (Å²) in [5.74, 6) is -0.101. The smallest absolute Gasteiger partial charge is 0.273 e. The second kappa shape index (κ2) is 6.00. The fraction of sp³-hybridized carbons (Fsp3) is 0.417. The van der Waals surface area contributed by atoms with E-state index in [0.29, 0.717) is 12.3 Å². The van der Waals surface area contributed by atoms with Gasteiger partial charge in [0.1, 0.15) is 5.75 Å². The quantitative estimate of drug-likeness (QED) is 0.478. The molecule has 0 atom stereocenters. The van der Waals surface area contributed by atoms with Gasteiger partial charge in [0.2, 0.25) is 5.91 Å². The molecule has 0 bridgehead atoms. The van der Waals surface area contributed by atoms with E-state index < -0.39 is 4.92 Å². The molecule has 18 heavy (non-hydrogen) atoms. The van der Waals surface area contributed by atoms with Gasteiger partial charge in [-0.1, -0.05) is 13.8 Å². The van der Waals surface area contributed by atoms with Crippen LogP contribution >= 0.6 is 0 Å². The summed E-state index contributed by atoms with van der Waals surface area (Å²) >= 11 is 0.